The van der Waals surface area contributed by atoms with Crippen LogP contribution < -0.4 is 0 Å². The Kier molecular flexibility index (Phi) is 2.61. The van der Waals surface area contributed by atoms with Gasteiger partial charge < -0.3 is 0 Å². The molecule has 0 amide bonds. The number of aromatic nitrogens is 1. The SMILES string of the molecule is [N-]=[N+]=Nc1cc(C(F)(F)F)nc2ccccc12. The molecule has 0 saturated heterocycles. The molecule has 0 aliphatic heterocycles. The zero-order valence-electron chi connectivity index (χ0n) is 8.31. The smallest absolute Gasteiger partial charge is 0.243 e. The number of hydrogen-bond acceptors (Lipinski definition) is 2. The van der Waals surface area contributed by atoms with Gasteiger partial charge in [0, 0.05) is 16.0 Å². The highest BCUT2D eigenvalue weighted by molar-refractivity contribution is 5.89. The second kappa shape index (κ2) is 3.95. The van der Waals surface area contributed by atoms with Crippen molar-refractivity contribution in [2.75, 3.05) is 0 Å². The number of para-hydroxylation sites is 1. The molecule has 17 heavy (non-hydrogen) atoms. The van der Waals surface area contributed by atoms with Gasteiger partial charge in [-0.3, -0.25) is 0 Å². The summed E-state index contributed by atoms with van der Waals surface area (Å²) in [4.78, 5) is 5.99. The molecule has 0 bridgehead atoms. The zero-order valence-corrected chi connectivity index (χ0v) is 8.31. The van der Waals surface area contributed by atoms with E-state index in [1.807, 2.05) is 0 Å². The first-order valence-corrected chi connectivity index (χ1v) is 4.54. The highest BCUT2D eigenvalue weighted by Crippen LogP contribution is 2.34. The number of pyridine rings is 1. The Bertz CT molecular complexity index is 614. The highest BCUT2D eigenvalue weighted by atomic mass is 19.4. The summed E-state index contributed by atoms with van der Waals surface area (Å²) in [6.07, 6.45) is -4.57. The lowest BCUT2D eigenvalue weighted by atomic mass is 10.1. The molecule has 1 aromatic heterocycles. The van der Waals surface area contributed by atoms with Crippen LogP contribution in [-0.2, 0) is 6.18 Å². The summed E-state index contributed by atoms with van der Waals surface area (Å²) in [5, 5.41) is 3.64. The third kappa shape index (κ3) is 2.14. The summed E-state index contributed by atoms with van der Waals surface area (Å²) in [6, 6.07) is 6.92. The van der Waals surface area contributed by atoms with E-state index in [0.717, 1.165) is 6.07 Å². The Balaban J connectivity index is 2.80. The Labute approximate surface area is 93.3 Å². The Morgan fingerprint density at radius 1 is 1.24 bits per heavy atom. The number of halogens is 3. The van der Waals surface area contributed by atoms with Crippen LogP contribution in [0.15, 0.2) is 35.4 Å². The monoisotopic (exact) mass is 238 g/mol. The maximum Gasteiger partial charge on any atom is 0.433 e. The quantitative estimate of drug-likeness (QED) is 0.417. The van der Waals surface area contributed by atoms with Crippen LogP contribution in [0.25, 0.3) is 21.3 Å². The van der Waals surface area contributed by atoms with Gasteiger partial charge in [0.2, 0.25) is 0 Å². The van der Waals surface area contributed by atoms with E-state index < -0.39 is 11.9 Å². The fraction of sp³-hybridized carbons (Fsp3) is 0.100. The third-order valence-corrected chi connectivity index (χ3v) is 2.14. The van der Waals surface area contributed by atoms with Crippen molar-refractivity contribution in [1.82, 2.24) is 4.98 Å². The van der Waals surface area contributed by atoms with Crippen LogP contribution in [0.4, 0.5) is 18.9 Å². The molecule has 4 nitrogen and oxygen atoms in total. The van der Waals surface area contributed by atoms with Gasteiger partial charge in [-0.1, -0.05) is 23.3 Å². The fourth-order valence-corrected chi connectivity index (χ4v) is 1.43. The maximum atomic E-state index is 12.5. The van der Waals surface area contributed by atoms with Crippen molar-refractivity contribution in [3.8, 4) is 0 Å². The van der Waals surface area contributed by atoms with E-state index in [1.54, 1.807) is 18.2 Å². The zero-order chi connectivity index (χ0) is 12.5. The first kappa shape index (κ1) is 11.2. The number of benzene rings is 1. The van der Waals surface area contributed by atoms with E-state index in [2.05, 4.69) is 15.0 Å². The molecule has 0 aliphatic rings. The third-order valence-electron chi connectivity index (χ3n) is 2.14. The number of nitrogens with zero attached hydrogens (tertiary/aromatic N) is 4. The first-order chi connectivity index (χ1) is 8.02. The van der Waals surface area contributed by atoms with Crippen LogP contribution in [0.3, 0.4) is 0 Å². The van der Waals surface area contributed by atoms with Gasteiger partial charge in [0.25, 0.3) is 0 Å². The van der Waals surface area contributed by atoms with Gasteiger partial charge in [-0.2, -0.15) is 13.2 Å². The van der Waals surface area contributed by atoms with Crippen molar-refractivity contribution >= 4 is 16.6 Å². The van der Waals surface area contributed by atoms with Gasteiger partial charge >= 0.3 is 6.18 Å². The van der Waals surface area contributed by atoms with E-state index in [9.17, 15) is 13.2 Å². The van der Waals surface area contributed by atoms with Crippen LogP contribution >= 0.6 is 0 Å². The molecule has 0 unspecified atom stereocenters. The predicted octanol–water partition coefficient (Wildman–Crippen LogP) is 4.20. The van der Waals surface area contributed by atoms with Gasteiger partial charge in [-0.05, 0) is 17.7 Å². The molecule has 86 valence electrons. The normalized spacial score (nSPS) is 11.2. The summed E-state index contributed by atoms with van der Waals surface area (Å²) in [6.45, 7) is 0. The molecule has 0 spiro atoms. The van der Waals surface area contributed by atoms with E-state index in [0.29, 0.717) is 5.39 Å². The lowest BCUT2D eigenvalue weighted by Gasteiger charge is -2.08. The molecule has 0 aliphatic carbocycles. The molecular weight excluding hydrogens is 233 g/mol. The van der Waals surface area contributed by atoms with E-state index >= 15 is 0 Å². The minimum Gasteiger partial charge on any atom is -0.243 e. The second-order valence-electron chi connectivity index (χ2n) is 3.23. The molecule has 0 radical (unpaired) electrons. The molecule has 0 saturated carbocycles. The molecule has 1 aromatic carbocycles. The Hall–Kier alpha value is -2.27. The number of fused-ring (bicyclic) bond motifs is 1. The summed E-state index contributed by atoms with van der Waals surface area (Å²) in [5.74, 6) is 0. The van der Waals surface area contributed by atoms with E-state index in [1.165, 1.54) is 6.07 Å². The fourth-order valence-electron chi connectivity index (χ4n) is 1.43. The second-order valence-corrected chi connectivity index (χ2v) is 3.23. The number of alkyl halides is 3. The van der Waals surface area contributed by atoms with E-state index in [-0.39, 0.29) is 11.2 Å². The number of rotatable bonds is 1. The van der Waals surface area contributed by atoms with Crippen LogP contribution in [-0.4, -0.2) is 4.98 Å². The maximum absolute atomic E-state index is 12.5. The van der Waals surface area contributed by atoms with Gasteiger partial charge in [-0.25, -0.2) is 4.98 Å². The largest absolute Gasteiger partial charge is 0.433 e. The van der Waals surface area contributed by atoms with Crippen LogP contribution in [0.1, 0.15) is 5.69 Å². The Morgan fingerprint density at radius 3 is 2.59 bits per heavy atom. The molecule has 0 atom stereocenters. The van der Waals surface area contributed by atoms with Crippen molar-refractivity contribution in [1.29, 1.82) is 0 Å². The lowest BCUT2D eigenvalue weighted by molar-refractivity contribution is -0.140. The van der Waals surface area contributed by atoms with Crippen molar-refractivity contribution in [2.24, 2.45) is 5.11 Å². The molecule has 7 heteroatoms. The van der Waals surface area contributed by atoms with E-state index in [4.69, 9.17) is 5.53 Å². The minimum atomic E-state index is -4.57. The average Bonchev–Trinajstić information content (AvgIpc) is 2.28. The molecule has 2 aromatic rings. The summed E-state index contributed by atoms with van der Waals surface area (Å²) in [7, 11) is 0. The van der Waals surface area contributed by atoms with Crippen molar-refractivity contribution in [2.45, 2.75) is 6.18 Å². The van der Waals surface area contributed by atoms with Crippen molar-refractivity contribution in [3.05, 3.63) is 46.5 Å². The number of azide groups is 1. The van der Waals surface area contributed by atoms with Gasteiger partial charge in [0.1, 0.15) is 5.69 Å². The molecule has 1 heterocycles. The average molecular weight is 238 g/mol. The van der Waals surface area contributed by atoms with Crippen LogP contribution in [0, 0.1) is 0 Å². The van der Waals surface area contributed by atoms with Gasteiger partial charge in [0.15, 0.2) is 0 Å². The summed E-state index contributed by atoms with van der Waals surface area (Å²) < 4.78 is 37.6. The summed E-state index contributed by atoms with van der Waals surface area (Å²) in [5.41, 5.74) is 7.32. The first-order valence-electron chi connectivity index (χ1n) is 4.54. The summed E-state index contributed by atoms with van der Waals surface area (Å²) >= 11 is 0. The topological polar surface area (TPSA) is 61.7 Å². The van der Waals surface area contributed by atoms with Crippen molar-refractivity contribution in [3.63, 3.8) is 0 Å². The standard InChI is InChI=1S/C10H5F3N4/c11-10(12,13)9-5-8(16-17-14)6-3-1-2-4-7(6)15-9/h1-5H. The molecular formula is C10H5F3N4. The highest BCUT2D eigenvalue weighted by Gasteiger charge is 2.33. The predicted molar refractivity (Wildman–Crippen MR) is 55.6 cm³/mol. The van der Waals surface area contributed by atoms with Crippen molar-refractivity contribution < 1.29 is 13.2 Å². The van der Waals surface area contributed by atoms with Gasteiger partial charge in [-0.15, -0.1) is 0 Å². The van der Waals surface area contributed by atoms with Gasteiger partial charge in [0.05, 0.1) is 5.52 Å². The lowest BCUT2D eigenvalue weighted by Crippen LogP contribution is -2.07. The Morgan fingerprint density at radius 2 is 1.94 bits per heavy atom. The minimum absolute atomic E-state index is 0.0783. The molecule has 0 fully saturated rings. The molecule has 2 rings (SSSR count). The van der Waals surface area contributed by atoms with Crippen LogP contribution in [0.2, 0.25) is 0 Å². The van der Waals surface area contributed by atoms with Crippen LogP contribution in [0.5, 0.6) is 0 Å². The molecule has 0 N–H and O–H groups in total. The number of hydrogen-bond donors (Lipinski definition) is 0.